The van der Waals surface area contributed by atoms with E-state index in [2.05, 4.69) is 4.90 Å². The average molecular weight is 348 g/mol. The molecule has 0 radical (unpaired) electrons. The first-order chi connectivity index (χ1) is 12.1. The second kappa shape index (κ2) is 6.74. The molecular weight excluding hydrogens is 320 g/mol. The Morgan fingerprint density at radius 2 is 2.12 bits per heavy atom. The standard InChI is InChI=1S/C19H28N2O4/c1-24-19-7-6-14(22)12-17(19)21(11-8-19)18(23)16-5-4-15(25-16)13-20-9-2-3-10-20/h4-5,14,17,22H,2-3,6-13H2,1H3/t14-,17-,19+/m0/s1. The maximum atomic E-state index is 13.0. The fourth-order valence-electron chi connectivity index (χ4n) is 4.80. The average Bonchev–Trinajstić information content (AvgIpc) is 3.34. The van der Waals surface area contributed by atoms with Crippen molar-refractivity contribution in [2.45, 2.75) is 62.8 Å². The summed E-state index contributed by atoms with van der Waals surface area (Å²) >= 11 is 0. The Labute approximate surface area is 148 Å². The van der Waals surface area contributed by atoms with Crippen LogP contribution in [0, 0.1) is 0 Å². The van der Waals surface area contributed by atoms with Crippen LogP contribution in [0.25, 0.3) is 0 Å². The van der Waals surface area contributed by atoms with Crippen molar-refractivity contribution in [1.82, 2.24) is 9.80 Å². The zero-order chi connectivity index (χ0) is 17.4. The van der Waals surface area contributed by atoms with Crippen molar-refractivity contribution < 1.29 is 19.1 Å². The molecule has 3 heterocycles. The molecule has 0 aromatic carbocycles. The Bertz CT molecular complexity index is 625. The Hall–Kier alpha value is -1.37. The van der Waals surface area contributed by atoms with E-state index in [0.717, 1.165) is 44.7 Å². The molecular formula is C19H28N2O4. The largest absolute Gasteiger partial charge is 0.455 e. The van der Waals surface area contributed by atoms with Gasteiger partial charge in [0.25, 0.3) is 5.91 Å². The van der Waals surface area contributed by atoms with Gasteiger partial charge < -0.3 is 19.2 Å². The molecule has 1 aromatic heterocycles. The third kappa shape index (κ3) is 3.11. The third-order valence-corrected chi connectivity index (χ3v) is 6.27. The normalized spacial score (nSPS) is 33.0. The monoisotopic (exact) mass is 348 g/mol. The fourth-order valence-corrected chi connectivity index (χ4v) is 4.80. The van der Waals surface area contributed by atoms with Gasteiger partial charge in [-0.2, -0.15) is 0 Å². The van der Waals surface area contributed by atoms with Gasteiger partial charge in [-0.1, -0.05) is 0 Å². The molecule has 6 nitrogen and oxygen atoms in total. The van der Waals surface area contributed by atoms with Crippen molar-refractivity contribution in [3.63, 3.8) is 0 Å². The van der Waals surface area contributed by atoms with Crippen LogP contribution in [0.5, 0.6) is 0 Å². The number of hydrogen-bond donors (Lipinski definition) is 1. The smallest absolute Gasteiger partial charge is 0.289 e. The lowest BCUT2D eigenvalue weighted by atomic mass is 9.79. The second-order valence-corrected chi connectivity index (χ2v) is 7.71. The summed E-state index contributed by atoms with van der Waals surface area (Å²) in [5.41, 5.74) is -0.306. The van der Waals surface area contributed by atoms with Crippen LogP contribution in [0.4, 0.5) is 0 Å². The topological polar surface area (TPSA) is 66.2 Å². The van der Waals surface area contributed by atoms with Gasteiger partial charge in [0.1, 0.15) is 5.76 Å². The Balaban J connectivity index is 1.48. The molecule has 1 aromatic rings. The summed E-state index contributed by atoms with van der Waals surface area (Å²) in [6, 6.07) is 3.64. The highest BCUT2D eigenvalue weighted by Gasteiger charge is 2.52. The number of ether oxygens (including phenoxy) is 1. The molecule has 0 unspecified atom stereocenters. The summed E-state index contributed by atoms with van der Waals surface area (Å²) in [7, 11) is 1.72. The minimum atomic E-state index is -0.357. The van der Waals surface area contributed by atoms with Crippen LogP contribution in [0.1, 0.15) is 54.8 Å². The SMILES string of the molecule is CO[C@@]12CC[C@H](O)C[C@@H]1N(C(=O)c1ccc(CN3CCCC3)o1)CC2. The summed E-state index contributed by atoms with van der Waals surface area (Å²) in [6.07, 6.45) is 5.08. The predicted molar refractivity (Wildman–Crippen MR) is 92.3 cm³/mol. The number of aliphatic hydroxyl groups excluding tert-OH is 1. The molecule has 6 heteroatoms. The highest BCUT2D eigenvalue weighted by Crippen LogP contribution is 2.43. The summed E-state index contributed by atoms with van der Waals surface area (Å²) < 4.78 is 11.7. The summed E-state index contributed by atoms with van der Waals surface area (Å²) in [6.45, 7) is 3.64. The highest BCUT2D eigenvalue weighted by atomic mass is 16.5. The first-order valence-electron chi connectivity index (χ1n) is 9.46. The summed E-state index contributed by atoms with van der Waals surface area (Å²) in [5, 5.41) is 10.1. The quantitative estimate of drug-likeness (QED) is 0.902. The van der Waals surface area contributed by atoms with Crippen LogP contribution in [0.3, 0.4) is 0 Å². The van der Waals surface area contributed by atoms with E-state index in [1.165, 1.54) is 12.8 Å². The second-order valence-electron chi connectivity index (χ2n) is 7.71. The molecule has 25 heavy (non-hydrogen) atoms. The van der Waals surface area contributed by atoms with Crippen LogP contribution in [-0.4, -0.2) is 65.3 Å². The van der Waals surface area contributed by atoms with E-state index in [4.69, 9.17) is 9.15 Å². The van der Waals surface area contributed by atoms with E-state index in [1.54, 1.807) is 13.2 Å². The van der Waals surface area contributed by atoms with Gasteiger partial charge in [-0.15, -0.1) is 0 Å². The van der Waals surface area contributed by atoms with E-state index in [1.807, 2.05) is 11.0 Å². The van der Waals surface area contributed by atoms with Gasteiger partial charge in [-0.3, -0.25) is 9.69 Å². The number of rotatable bonds is 4. The Kier molecular flexibility index (Phi) is 4.60. The van der Waals surface area contributed by atoms with Crippen LogP contribution < -0.4 is 0 Å². The number of likely N-dealkylation sites (tertiary alicyclic amines) is 2. The zero-order valence-corrected chi connectivity index (χ0v) is 14.9. The number of nitrogens with zero attached hydrogens (tertiary/aromatic N) is 2. The molecule has 1 N–H and O–H groups in total. The van der Waals surface area contributed by atoms with Crippen LogP contribution in [-0.2, 0) is 11.3 Å². The maximum absolute atomic E-state index is 13.0. The minimum absolute atomic E-state index is 0.0686. The molecule has 1 amide bonds. The maximum Gasteiger partial charge on any atom is 0.289 e. The molecule has 0 bridgehead atoms. The molecule has 3 atom stereocenters. The van der Waals surface area contributed by atoms with Crippen molar-refractivity contribution in [3.05, 3.63) is 23.7 Å². The van der Waals surface area contributed by atoms with E-state index in [0.29, 0.717) is 18.7 Å². The van der Waals surface area contributed by atoms with Crippen LogP contribution in [0.2, 0.25) is 0 Å². The molecule has 2 saturated heterocycles. The third-order valence-electron chi connectivity index (χ3n) is 6.27. The molecule has 3 fully saturated rings. The molecule has 1 saturated carbocycles. The number of furan rings is 1. The summed E-state index contributed by atoms with van der Waals surface area (Å²) in [4.78, 5) is 17.2. The van der Waals surface area contributed by atoms with Crippen molar-refractivity contribution in [2.75, 3.05) is 26.7 Å². The van der Waals surface area contributed by atoms with Crippen LogP contribution >= 0.6 is 0 Å². The lowest BCUT2D eigenvalue weighted by Crippen LogP contribution is -2.52. The van der Waals surface area contributed by atoms with Gasteiger partial charge in [-0.05, 0) is 63.7 Å². The number of carbonyl (C=O) groups excluding carboxylic acids is 1. The van der Waals surface area contributed by atoms with E-state index in [9.17, 15) is 9.90 Å². The number of amides is 1. The van der Waals surface area contributed by atoms with Gasteiger partial charge >= 0.3 is 0 Å². The van der Waals surface area contributed by atoms with Crippen molar-refractivity contribution in [2.24, 2.45) is 0 Å². The number of aliphatic hydroxyl groups is 1. The fraction of sp³-hybridized carbons (Fsp3) is 0.737. The number of hydrogen-bond acceptors (Lipinski definition) is 5. The zero-order valence-electron chi connectivity index (χ0n) is 14.9. The molecule has 138 valence electrons. The van der Waals surface area contributed by atoms with E-state index in [-0.39, 0.29) is 23.7 Å². The molecule has 0 spiro atoms. The first-order valence-corrected chi connectivity index (χ1v) is 9.46. The first kappa shape index (κ1) is 17.1. The van der Waals surface area contributed by atoms with Crippen molar-refractivity contribution in [1.29, 1.82) is 0 Å². The van der Waals surface area contributed by atoms with Crippen LogP contribution in [0.15, 0.2) is 16.5 Å². The van der Waals surface area contributed by atoms with Crippen molar-refractivity contribution >= 4 is 5.91 Å². The molecule has 3 aliphatic rings. The van der Waals surface area contributed by atoms with E-state index >= 15 is 0 Å². The summed E-state index contributed by atoms with van der Waals surface area (Å²) in [5.74, 6) is 1.18. The molecule has 4 rings (SSSR count). The lowest BCUT2D eigenvalue weighted by molar-refractivity contribution is -0.0826. The number of methoxy groups -OCH3 is 1. The molecule has 1 aliphatic carbocycles. The Morgan fingerprint density at radius 1 is 1.32 bits per heavy atom. The van der Waals surface area contributed by atoms with Gasteiger partial charge in [-0.25, -0.2) is 0 Å². The number of carbonyl (C=O) groups is 1. The molecule has 2 aliphatic heterocycles. The van der Waals surface area contributed by atoms with Gasteiger partial charge in [0.2, 0.25) is 0 Å². The van der Waals surface area contributed by atoms with Gasteiger partial charge in [0, 0.05) is 13.7 Å². The lowest BCUT2D eigenvalue weighted by Gasteiger charge is -2.42. The predicted octanol–water partition coefficient (Wildman–Crippen LogP) is 2.02. The highest BCUT2D eigenvalue weighted by molar-refractivity contribution is 5.92. The number of fused-ring (bicyclic) bond motifs is 1. The Morgan fingerprint density at radius 3 is 2.88 bits per heavy atom. The van der Waals surface area contributed by atoms with Crippen molar-refractivity contribution in [3.8, 4) is 0 Å². The van der Waals surface area contributed by atoms with Gasteiger partial charge in [0.05, 0.1) is 24.3 Å². The van der Waals surface area contributed by atoms with E-state index < -0.39 is 0 Å². The van der Waals surface area contributed by atoms with Gasteiger partial charge in [0.15, 0.2) is 5.76 Å². The minimum Gasteiger partial charge on any atom is -0.455 e.